The van der Waals surface area contributed by atoms with Crippen LogP contribution in [0.3, 0.4) is 0 Å². The molecule has 84 valence electrons. The van der Waals surface area contributed by atoms with Crippen LogP contribution < -0.4 is 0 Å². The molecule has 0 amide bonds. The highest BCUT2D eigenvalue weighted by molar-refractivity contribution is 9.10. The second-order valence-electron chi connectivity index (χ2n) is 4.18. The lowest BCUT2D eigenvalue weighted by atomic mass is 9.91. The van der Waals surface area contributed by atoms with Gasteiger partial charge in [0.25, 0.3) is 0 Å². The van der Waals surface area contributed by atoms with E-state index in [0.717, 1.165) is 20.9 Å². The van der Waals surface area contributed by atoms with Crippen molar-refractivity contribution in [2.45, 2.75) is 5.60 Å². The first-order chi connectivity index (χ1) is 7.60. The van der Waals surface area contributed by atoms with Crippen molar-refractivity contribution in [3.05, 3.63) is 28.4 Å². The molecule has 1 aliphatic heterocycles. The third-order valence-electron chi connectivity index (χ3n) is 2.92. The number of fused-ring (bicyclic) bond motifs is 1. The van der Waals surface area contributed by atoms with E-state index in [0.29, 0.717) is 13.2 Å². The summed E-state index contributed by atoms with van der Waals surface area (Å²) in [4.78, 5) is 0. The molecule has 16 heavy (non-hydrogen) atoms. The Kier molecular flexibility index (Phi) is 2.11. The summed E-state index contributed by atoms with van der Waals surface area (Å²) in [7, 11) is 1.87. The maximum absolute atomic E-state index is 10.3. The van der Waals surface area contributed by atoms with Crippen LogP contribution in [-0.4, -0.2) is 28.1 Å². The average Bonchev–Trinajstić information content (AvgIpc) is 2.58. The van der Waals surface area contributed by atoms with Crippen LogP contribution in [0.4, 0.5) is 0 Å². The van der Waals surface area contributed by atoms with Gasteiger partial charge in [-0.3, -0.25) is 4.68 Å². The lowest BCUT2D eigenvalue weighted by Crippen LogP contribution is -2.46. The van der Waals surface area contributed by atoms with Gasteiger partial charge in [0.2, 0.25) is 0 Å². The van der Waals surface area contributed by atoms with Gasteiger partial charge in [0.05, 0.1) is 18.7 Å². The Morgan fingerprint density at radius 2 is 2.25 bits per heavy atom. The molecule has 4 nitrogen and oxygen atoms in total. The molecule has 0 bridgehead atoms. The molecular weight excluding hydrogens is 272 g/mol. The van der Waals surface area contributed by atoms with Gasteiger partial charge >= 0.3 is 0 Å². The molecule has 0 unspecified atom stereocenters. The van der Waals surface area contributed by atoms with Crippen LogP contribution >= 0.6 is 15.9 Å². The number of rotatable bonds is 1. The lowest BCUT2D eigenvalue weighted by Gasteiger charge is -2.36. The monoisotopic (exact) mass is 282 g/mol. The standard InChI is InChI=1S/C11H11BrN2O2/c1-14-4-7-9(12)3-2-8(10(7)13-14)11(15)5-16-6-11/h2-4,15H,5-6H2,1H3. The Morgan fingerprint density at radius 3 is 2.88 bits per heavy atom. The first-order valence-electron chi connectivity index (χ1n) is 5.03. The van der Waals surface area contributed by atoms with E-state index in [1.807, 2.05) is 25.4 Å². The Morgan fingerprint density at radius 1 is 1.50 bits per heavy atom. The zero-order chi connectivity index (χ0) is 11.3. The Balaban J connectivity index is 2.29. The van der Waals surface area contributed by atoms with Crippen LogP contribution in [0, 0.1) is 0 Å². The van der Waals surface area contributed by atoms with E-state index in [-0.39, 0.29) is 0 Å². The van der Waals surface area contributed by atoms with E-state index < -0.39 is 5.60 Å². The van der Waals surface area contributed by atoms with E-state index in [2.05, 4.69) is 21.0 Å². The molecule has 1 saturated heterocycles. The van der Waals surface area contributed by atoms with Gasteiger partial charge in [-0.15, -0.1) is 0 Å². The summed E-state index contributed by atoms with van der Waals surface area (Å²) in [6, 6.07) is 3.84. The summed E-state index contributed by atoms with van der Waals surface area (Å²) in [5, 5.41) is 15.7. The first kappa shape index (κ1) is 10.3. The zero-order valence-corrected chi connectivity index (χ0v) is 10.4. The lowest BCUT2D eigenvalue weighted by molar-refractivity contribution is -0.183. The highest BCUT2D eigenvalue weighted by atomic mass is 79.9. The molecule has 1 aliphatic rings. The van der Waals surface area contributed by atoms with Crippen LogP contribution in [-0.2, 0) is 17.4 Å². The number of nitrogens with zero attached hydrogens (tertiary/aromatic N) is 2. The van der Waals surface area contributed by atoms with Crippen molar-refractivity contribution in [2.24, 2.45) is 7.05 Å². The van der Waals surface area contributed by atoms with Crippen molar-refractivity contribution in [1.29, 1.82) is 0 Å². The summed E-state index contributed by atoms with van der Waals surface area (Å²) < 4.78 is 7.82. The van der Waals surface area contributed by atoms with Gasteiger partial charge in [-0.05, 0) is 6.07 Å². The highest BCUT2D eigenvalue weighted by Gasteiger charge is 2.40. The van der Waals surface area contributed by atoms with E-state index in [1.54, 1.807) is 4.68 Å². The predicted molar refractivity (Wildman–Crippen MR) is 63.1 cm³/mol. The maximum Gasteiger partial charge on any atom is 0.138 e. The van der Waals surface area contributed by atoms with E-state index >= 15 is 0 Å². The molecule has 0 spiro atoms. The quantitative estimate of drug-likeness (QED) is 0.864. The van der Waals surface area contributed by atoms with Crippen LogP contribution in [0.1, 0.15) is 5.56 Å². The maximum atomic E-state index is 10.3. The van der Waals surface area contributed by atoms with Crippen LogP contribution in [0.2, 0.25) is 0 Å². The molecule has 0 atom stereocenters. The number of aromatic nitrogens is 2. The van der Waals surface area contributed by atoms with Gasteiger partial charge in [0, 0.05) is 28.7 Å². The molecule has 2 aromatic rings. The smallest absolute Gasteiger partial charge is 0.138 e. The minimum Gasteiger partial charge on any atom is -0.380 e. The van der Waals surface area contributed by atoms with Crippen LogP contribution in [0.15, 0.2) is 22.8 Å². The zero-order valence-electron chi connectivity index (χ0n) is 8.77. The van der Waals surface area contributed by atoms with E-state index in [1.165, 1.54) is 0 Å². The molecule has 1 aromatic heterocycles. The topological polar surface area (TPSA) is 47.3 Å². The van der Waals surface area contributed by atoms with Gasteiger partial charge in [0.1, 0.15) is 5.60 Å². The number of hydrogen-bond acceptors (Lipinski definition) is 3. The van der Waals surface area contributed by atoms with E-state index in [4.69, 9.17) is 4.74 Å². The number of ether oxygens (including phenoxy) is 1. The second-order valence-corrected chi connectivity index (χ2v) is 5.04. The summed E-state index contributed by atoms with van der Waals surface area (Å²) in [6.45, 7) is 0.695. The van der Waals surface area contributed by atoms with E-state index in [9.17, 15) is 5.11 Å². The molecule has 5 heteroatoms. The van der Waals surface area contributed by atoms with Gasteiger partial charge in [-0.1, -0.05) is 22.0 Å². The number of benzene rings is 1. The molecule has 0 saturated carbocycles. The Labute approximate surface area is 101 Å². The normalized spacial score (nSPS) is 18.7. The largest absolute Gasteiger partial charge is 0.380 e. The van der Waals surface area contributed by atoms with Crippen molar-refractivity contribution >= 4 is 26.8 Å². The summed E-state index contributed by atoms with van der Waals surface area (Å²) in [5.41, 5.74) is 0.813. The predicted octanol–water partition coefficient (Wildman–Crippen LogP) is 1.55. The Bertz CT molecular complexity index is 560. The Hall–Kier alpha value is -0.910. The third-order valence-corrected chi connectivity index (χ3v) is 3.61. The molecule has 2 heterocycles. The molecule has 0 aliphatic carbocycles. The van der Waals surface area contributed by atoms with Gasteiger partial charge in [-0.25, -0.2) is 0 Å². The van der Waals surface area contributed by atoms with Crippen LogP contribution in [0.25, 0.3) is 10.9 Å². The summed E-state index contributed by atoms with van der Waals surface area (Å²) in [5.74, 6) is 0. The fraction of sp³-hybridized carbons (Fsp3) is 0.364. The molecule has 3 rings (SSSR count). The van der Waals surface area contributed by atoms with Gasteiger partial charge in [-0.2, -0.15) is 5.10 Å². The van der Waals surface area contributed by atoms with Crippen molar-refractivity contribution in [2.75, 3.05) is 13.2 Å². The minimum absolute atomic E-state index is 0.348. The summed E-state index contributed by atoms with van der Waals surface area (Å²) in [6.07, 6.45) is 1.94. The average molecular weight is 283 g/mol. The van der Waals surface area contributed by atoms with Crippen molar-refractivity contribution in [1.82, 2.24) is 9.78 Å². The fourth-order valence-corrected chi connectivity index (χ4v) is 2.44. The molecule has 1 aromatic carbocycles. The molecule has 0 radical (unpaired) electrons. The van der Waals surface area contributed by atoms with Crippen molar-refractivity contribution < 1.29 is 9.84 Å². The number of aryl methyl sites for hydroxylation is 1. The van der Waals surface area contributed by atoms with Gasteiger partial charge < -0.3 is 9.84 Å². The SMILES string of the molecule is Cn1cc2c(Br)ccc(C3(O)COC3)c2n1. The summed E-state index contributed by atoms with van der Waals surface area (Å²) >= 11 is 3.48. The van der Waals surface area contributed by atoms with Gasteiger partial charge in [0.15, 0.2) is 0 Å². The van der Waals surface area contributed by atoms with Crippen molar-refractivity contribution in [3.8, 4) is 0 Å². The number of hydrogen-bond donors (Lipinski definition) is 1. The van der Waals surface area contributed by atoms with Crippen molar-refractivity contribution in [3.63, 3.8) is 0 Å². The first-order valence-corrected chi connectivity index (χ1v) is 5.82. The molecule has 1 fully saturated rings. The molecule has 1 N–H and O–H groups in total. The third kappa shape index (κ3) is 1.32. The second kappa shape index (κ2) is 3.29. The molecular formula is C11H11BrN2O2. The number of halogens is 1. The number of aliphatic hydroxyl groups is 1. The fourth-order valence-electron chi connectivity index (χ4n) is 2.01. The minimum atomic E-state index is -0.868. The highest BCUT2D eigenvalue weighted by Crippen LogP contribution is 2.36. The van der Waals surface area contributed by atoms with Crippen LogP contribution in [0.5, 0.6) is 0 Å².